The SMILES string of the molecule is CCN(CC)CCNC(=O)c1cccc(CBr)c1. The van der Waals surface area contributed by atoms with Gasteiger partial charge in [-0.2, -0.15) is 0 Å². The highest BCUT2D eigenvalue weighted by molar-refractivity contribution is 9.08. The summed E-state index contributed by atoms with van der Waals surface area (Å²) in [7, 11) is 0. The first-order valence-corrected chi connectivity index (χ1v) is 7.48. The lowest BCUT2D eigenvalue weighted by Gasteiger charge is -2.18. The first-order valence-electron chi connectivity index (χ1n) is 6.36. The Bertz CT molecular complexity index is 378. The summed E-state index contributed by atoms with van der Waals surface area (Å²) in [6.07, 6.45) is 0. The molecule has 0 aliphatic heterocycles. The number of carbonyl (C=O) groups excluding carboxylic acids is 1. The van der Waals surface area contributed by atoms with Gasteiger partial charge in [-0.25, -0.2) is 0 Å². The van der Waals surface area contributed by atoms with Crippen LogP contribution in [0.25, 0.3) is 0 Å². The fourth-order valence-electron chi connectivity index (χ4n) is 1.77. The summed E-state index contributed by atoms with van der Waals surface area (Å²) < 4.78 is 0. The minimum atomic E-state index is 0.00459. The number of amides is 1. The standard InChI is InChI=1S/C14H21BrN2O/c1-3-17(4-2)9-8-16-14(18)13-7-5-6-12(10-13)11-15/h5-7,10H,3-4,8-9,11H2,1-2H3,(H,16,18). The highest BCUT2D eigenvalue weighted by atomic mass is 79.9. The van der Waals surface area contributed by atoms with E-state index in [0.717, 1.165) is 36.1 Å². The third-order valence-corrected chi connectivity index (χ3v) is 3.60. The topological polar surface area (TPSA) is 32.3 Å². The lowest BCUT2D eigenvalue weighted by molar-refractivity contribution is 0.0949. The molecule has 0 saturated carbocycles. The van der Waals surface area contributed by atoms with E-state index in [9.17, 15) is 4.79 Å². The molecule has 3 nitrogen and oxygen atoms in total. The number of hydrogen-bond acceptors (Lipinski definition) is 2. The average Bonchev–Trinajstić information content (AvgIpc) is 2.43. The van der Waals surface area contributed by atoms with E-state index in [-0.39, 0.29) is 5.91 Å². The van der Waals surface area contributed by atoms with Crippen LogP contribution in [-0.4, -0.2) is 37.0 Å². The van der Waals surface area contributed by atoms with E-state index >= 15 is 0 Å². The van der Waals surface area contributed by atoms with Crippen LogP contribution in [0.5, 0.6) is 0 Å². The summed E-state index contributed by atoms with van der Waals surface area (Å²) in [4.78, 5) is 14.2. The maximum atomic E-state index is 11.9. The zero-order valence-corrected chi connectivity index (χ0v) is 12.7. The van der Waals surface area contributed by atoms with Gasteiger partial charge in [-0.1, -0.05) is 41.9 Å². The largest absolute Gasteiger partial charge is 0.351 e. The summed E-state index contributed by atoms with van der Waals surface area (Å²) in [5, 5.41) is 3.72. The van der Waals surface area contributed by atoms with Crippen LogP contribution in [0.4, 0.5) is 0 Å². The maximum Gasteiger partial charge on any atom is 0.251 e. The van der Waals surface area contributed by atoms with E-state index < -0.39 is 0 Å². The van der Waals surface area contributed by atoms with E-state index in [1.54, 1.807) is 0 Å². The minimum Gasteiger partial charge on any atom is -0.351 e. The molecule has 4 heteroatoms. The van der Waals surface area contributed by atoms with Crippen LogP contribution in [0.1, 0.15) is 29.8 Å². The minimum absolute atomic E-state index is 0.00459. The smallest absolute Gasteiger partial charge is 0.251 e. The Balaban J connectivity index is 2.45. The highest BCUT2D eigenvalue weighted by Gasteiger charge is 2.06. The molecule has 1 rings (SSSR count). The second kappa shape index (κ2) is 8.27. The number of alkyl halides is 1. The fraction of sp³-hybridized carbons (Fsp3) is 0.500. The molecule has 1 N–H and O–H groups in total. The monoisotopic (exact) mass is 312 g/mol. The number of benzene rings is 1. The van der Waals surface area contributed by atoms with Crippen molar-refractivity contribution in [3.8, 4) is 0 Å². The summed E-state index contributed by atoms with van der Waals surface area (Å²) in [5.74, 6) is 0.00459. The first kappa shape index (κ1) is 15.2. The van der Waals surface area contributed by atoms with Crippen LogP contribution in [0.15, 0.2) is 24.3 Å². The second-order valence-electron chi connectivity index (χ2n) is 4.12. The molecule has 0 aliphatic carbocycles. The van der Waals surface area contributed by atoms with Crippen LogP contribution in [0.2, 0.25) is 0 Å². The summed E-state index contributed by atoms with van der Waals surface area (Å²) >= 11 is 3.39. The van der Waals surface area contributed by atoms with Crippen molar-refractivity contribution < 1.29 is 4.79 Å². The van der Waals surface area contributed by atoms with E-state index in [1.165, 1.54) is 0 Å². The van der Waals surface area contributed by atoms with Crippen LogP contribution in [0.3, 0.4) is 0 Å². The van der Waals surface area contributed by atoms with E-state index in [4.69, 9.17) is 0 Å². The Kier molecular flexibility index (Phi) is 6.98. The van der Waals surface area contributed by atoms with Gasteiger partial charge in [-0.05, 0) is 30.8 Å². The van der Waals surface area contributed by atoms with Gasteiger partial charge in [-0.3, -0.25) is 4.79 Å². The van der Waals surface area contributed by atoms with E-state index in [1.807, 2.05) is 24.3 Å². The van der Waals surface area contributed by atoms with Gasteiger partial charge in [0.1, 0.15) is 0 Å². The van der Waals surface area contributed by atoms with E-state index in [2.05, 4.69) is 40.0 Å². The number of halogens is 1. The predicted octanol–water partition coefficient (Wildman–Crippen LogP) is 2.65. The molecule has 100 valence electrons. The maximum absolute atomic E-state index is 11.9. The summed E-state index contributed by atoms with van der Waals surface area (Å²) in [5.41, 5.74) is 1.85. The lowest BCUT2D eigenvalue weighted by Crippen LogP contribution is -2.34. The Morgan fingerprint density at radius 2 is 2.06 bits per heavy atom. The van der Waals surface area contributed by atoms with E-state index in [0.29, 0.717) is 6.54 Å². The van der Waals surface area contributed by atoms with Gasteiger partial charge in [0.05, 0.1) is 0 Å². The number of hydrogen-bond donors (Lipinski definition) is 1. The molecule has 18 heavy (non-hydrogen) atoms. The highest BCUT2D eigenvalue weighted by Crippen LogP contribution is 2.08. The number of rotatable bonds is 7. The molecule has 0 heterocycles. The van der Waals surface area contributed by atoms with Gasteiger partial charge >= 0.3 is 0 Å². The quantitative estimate of drug-likeness (QED) is 0.785. The molecule has 0 bridgehead atoms. The van der Waals surface area contributed by atoms with Crippen molar-refractivity contribution in [2.24, 2.45) is 0 Å². The molecule has 0 spiro atoms. The van der Waals surface area contributed by atoms with Gasteiger partial charge in [0.2, 0.25) is 0 Å². The van der Waals surface area contributed by atoms with Crippen molar-refractivity contribution >= 4 is 21.8 Å². The molecule has 0 atom stereocenters. The molecule has 0 saturated heterocycles. The number of nitrogens with one attached hydrogen (secondary N) is 1. The van der Waals surface area contributed by atoms with Crippen LogP contribution in [-0.2, 0) is 5.33 Å². The van der Waals surface area contributed by atoms with Gasteiger partial charge in [0.15, 0.2) is 0 Å². The molecule has 1 aromatic carbocycles. The molecule has 1 amide bonds. The fourth-order valence-corrected chi connectivity index (χ4v) is 2.11. The third kappa shape index (κ3) is 4.78. The average molecular weight is 313 g/mol. The molecule has 0 aromatic heterocycles. The van der Waals surface area contributed by atoms with Gasteiger partial charge in [0.25, 0.3) is 5.91 Å². The predicted molar refractivity (Wildman–Crippen MR) is 79.2 cm³/mol. The zero-order valence-electron chi connectivity index (χ0n) is 11.1. The van der Waals surface area contributed by atoms with Crippen LogP contribution < -0.4 is 5.32 Å². The molecule has 0 radical (unpaired) electrons. The molecule has 0 fully saturated rings. The van der Waals surface area contributed by atoms with Crippen molar-refractivity contribution in [3.05, 3.63) is 35.4 Å². The lowest BCUT2D eigenvalue weighted by atomic mass is 10.1. The molecular formula is C14H21BrN2O. The molecule has 1 aromatic rings. The van der Waals surface area contributed by atoms with Crippen molar-refractivity contribution in [1.82, 2.24) is 10.2 Å². The Morgan fingerprint density at radius 1 is 1.33 bits per heavy atom. The normalized spacial score (nSPS) is 10.7. The number of carbonyl (C=O) groups is 1. The molecular weight excluding hydrogens is 292 g/mol. The van der Waals surface area contributed by atoms with Crippen LogP contribution in [0, 0.1) is 0 Å². The Morgan fingerprint density at radius 3 is 2.67 bits per heavy atom. The Hall–Kier alpha value is -0.870. The number of nitrogens with zero attached hydrogens (tertiary/aromatic N) is 1. The molecule has 0 unspecified atom stereocenters. The second-order valence-corrected chi connectivity index (χ2v) is 4.68. The third-order valence-electron chi connectivity index (χ3n) is 2.95. The summed E-state index contributed by atoms with van der Waals surface area (Å²) in [6, 6.07) is 7.68. The van der Waals surface area contributed by atoms with Crippen LogP contribution >= 0.6 is 15.9 Å². The summed E-state index contributed by atoms with van der Waals surface area (Å²) in [6.45, 7) is 7.89. The van der Waals surface area contributed by atoms with Crippen molar-refractivity contribution in [1.29, 1.82) is 0 Å². The zero-order chi connectivity index (χ0) is 13.4. The van der Waals surface area contributed by atoms with Gasteiger partial charge in [-0.15, -0.1) is 0 Å². The van der Waals surface area contributed by atoms with Gasteiger partial charge in [0, 0.05) is 24.0 Å². The molecule has 0 aliphatic rings. The van der Waals surface area contributed by atoms with Crippen molar-refractivity contribution in [2.75, 3.05) is 26.2 Å². The Labute approximate surface area is 118 Å². The van der Waals surface area contributed by atoms with Crippen molar-refractivity contribution in [3.63, 3.8) is 0 Å². The van der Waals surface area contributed by atoms with Gasteiger partial charge < -0.3 is 10.2 Å². The first-order chi connectivity index (χ1) is 8.71. The van der Waals surface area contributed by atoms with Crippen molar-refractivity contribution in [2.45, 2.75) is 19.2 Å². The number of likely N-dealkylation sites (N-methyl/N-ethyl adjacent to an activating group) is 1.